The summed E-state index contributed by atoms with van der Waals surface area (Å²) >= 11 is 1.58. The number of hydrogen-bond donors (Lipinski definition) is 0. The minimum absolute atomic E-state index is 0.809. The Balaban J connectivity index is 2.49. The van der Waals surface area contributed by atoms with Crippen molar-refractivity contribution in [1.29, 1.82) is 0 Å². The van der Waals surface area contributed by atoms with Crippen molar-refractivity contribution in [2.45, 2.75) is 6.42 Å². The molecule has 0 saturated heterocycles. The van der Waals surface area contributed by atoms with Crippen LogP contribution in [0.3, 0.4) is 0 Å². The second-order valence-corrected chi connectivity index (χ2v) is 3.60. The molecule has 1 aromatic heterocycles. The van der Waals surface area contributed by atoms with E-state index in [4.69, 9.17) is 0 Å². The van der Waals surface area contributed by atoms with Crippen LogP contribution in [0, 0.1) is 0 Å². The van der Waals surface area contributed by atoms with E-state index in [1.54, 1.807) is 11.3 Å². The fraction of sp³-hybridized carbons (Fsp3) is 0.250. The molecule has 0 spiro atoms. The SMILES string of the molecule is O=Cc1cc2c(s1)CCN=C2. The number of carbonyl (C=O) groups is 1. The van der Waals surface area contributed by atoms with E-state index < -0.39 is 0 Å². The highest BCUT2D eigenvalue weighted by Crippen LogP contribution is 2.22. The van der Waals surface area contributed by atoms with Crippen LogP contribution in [-0.4, -0.2) is 19.0 Å². The van der Waals surface area contributed by atoms with E-state index in [0.29, 0.717) is 0 Å². The predicted molar refractivity (Wildman–Crippen MR) is 45.9 cm³/mol. The summed E-state index contributed by atoms with van der Waals surface area (Å²) in [6.07, 6.45) is 3.74. The third-order valence-electron chi connectivity index (χ3n) is 1.68. The summed E-state index contributed by atoms with van der Waals surface area (Å²) in [6.45, 7) is 0.867. The Morgan fingerprint density at radius 2 is 2.55 bits per heavy atom. The van der Waals surface area contributed by atoms with Gasteiger partial charge in [-0.3, -0.25) is 9.79 Å². The number of nitrogens with zero attached hydrogens (tertiary/aromatic N) is 1. The molecular weight excluding hydrogens is 158 g/mol. The van der Waals surface area contributed by atoms with Crippen LogP contribution in [0.2, 0.25) is 0 Å². The summed E-state index contributed by atoms with van der Waals surface area (Å²) in [6, 6.07) is 1.90. The number of fused-ring (bicyclic) bond motifs is 1. The van der Waals surface area contributed by atoms with Gasteiger partial charge in [-0.15, -0.1) is 11.3 Å². The molecule has 0 aliphatic carbocycles. The van der Waals surface area contributed by atoms with Crippen molar-refractivity contribution in [3.8, 4) is 0 Å². The van der Waals surface area contributed by atoms with Crippen LogP contribution >= 0.6 is 11.3 Å². The molecule has 0 radical (unpaired) electrons. The van der Waals surface area contributed by atoms with Crippen LogP contribution in [0.25, 0.3) is 0 Å². The lowest BCUT2D eigenvalue weighted by molar-refractivity contribution is 0.112. The number of rotatable bonds is 1. The lowest BCUT2D eigenvalue weighted by Gasteiger charge is -2.00. The van der Waals surface area contributed by atoms with Crippen molar-refractivity contribution in [2.75, 3.05) is 6.54 Å². The van der Waals surface area contributed by atoms with Crippen LogP contribution in [0.4, 0.5) is 0 Å². The molecule has 1 aliphatic heterocycles. The van der Waals surface area contributed by atoms with E-state index >= 15 is 0 Å². The standard InChI is InChI=1S/C8H7NOS/c10-5-7-3-6-4-9-2-1-8(6)11-7/h3-5H,1-2H2. The Bertz CT molecular complexity index is 314. The Morgan fingerprint density at radius 3 is 3.27 bits per heavy atom. The molecule has 11 heavy (non-hydrogen) atoms. The molecule has 56 valence electrons. The summed E-state index contributed by atoms with van der Waals surface area (Å²) in [5, 5.41) is 0. The van der Waals surface area contributed by atoms with E-state index in [1.807, 2.05) is 12.3 Å². The van der Waals surface area contributed by atoms with Crippen molar-refractivity contribution >= 4 is 23.8 Å². The van der Waals surface area contributed by atoms with Gasteiger partial charge in [0.25, 0.3) is 0 Å². The first-order valence-corrected chi connectivity index (χ1v) is 4.29. The van der Waals surface area contributed by atoms with E-state index in [9.17, 15) is 4.79 Å². The fourth-order valence-corrected chi connectivity index (χ4v) is 2.10. The average Bonchev–Trinajstić information content (AvgIpc) is 2.46. The molecule has 0 N–H and O–H groups in total. The molecule has 2 heterocycles. The van der Waals surface area contributed by atoms with Crippen LogP contribution < -0.4 is 0 Å². The zero-order valence-corrected chi connectivity index (χ0v) is 6.73. The molecule has 0 fully saturated rings. The number of carbonyl (C=O) groups excluding carboxylic acids is 1. The minimum atomic E-state index is 0.809. The topological polar surface area (TPSA) is 29.4 Å². The molecule has 2 rings (SSSR count). The van der Waals surface area contributed by atoms with Gasteiger partial charge in [0.1, 0.15) is 0 Å². The highest BCUT2D eigenvalue weighted by molar-refractivity contribution is 7.14. The Morgan fingerprint density at radius 1 is 1.64 bits per heavy atom. The van der Waals surface area contributed by atoms with Gasteiger partial charge in [-0.05, 0) is 6.07 Å². The molecule has 0 amide bonds. The summed E-state index contributed by atoms with van der Waals surface area (Å²) in [4.78, 5) is 16.6. The van der Waals surface area contributed by atoms with Crippen LogP contribution in [0.1, 0.15) is 20.1 Å². The number of thiophene rings is 1. The van der Waals surface area contributed by atoms with Crippen molar-refractivity contribution in [3.63, 3.8) is 0 Å². The number of aldehydes is 1. The molecule has 2 nitrogen and oxygen atoms in total. The zero-order valence-electron chi connectivity index (χ0n) is 5.91. The fourth-order valence-electron chi connectivity index (χ4n) is 1.16. The molecule has 0 aromatic carbocycles. The highest BCUT2D eigenvalue weighted by Gasteiger charge is 2.08. The lowest BCUT2D eigenvalue weighted by Crippen LogP contribution is -1.97. The van der Waals surface area contributed by atoms with Crippen LogP contribution in [0.15, 0.2) is 11.1 Å². The third-order valence-corrected chi connectivity index (χ3v) is 2.81. The minimum Gasteiger partial charge on any atom is -0.297 e. The van der Waals surface area contributed by atoms with Gasteiger partial charge in [0.2, 0.25) is 0 Å². The van der Waals surface area contributed by atoms with E-state index in [2.05, 4.69) is 4.99 Å². The maximum absolute atomic E-state index is 10.4. The highest BCUT2D eigenvalue weighted by atomic mass is 32.1. The molecular formula is C8H7NOS. The summed E-state index contributed by atoms with van der Waals surface area (Å²) in [5.41, 5.74) is 1.13. The van der Waals surface area contributed by atoms with Gasteiger partial charge in [0.05, 0.1) is 4.88 Å². The maximum atomic E-state index is 10.4. The first-order valence-electron chi connectivity index (χ1n) is 3.48. The van der Waals surface area contributed by atoms with Crippen molar-refractivity contribution in [3.05, 3.63) is 21.4 Å². The lowest BCUT2D eigenvalue weighted by atomic mass is 10.2. The first-order chi connectivity index (χ1) is 5.40. The van der Waals surface area contributed by atoms with Crippen molar-refractivity contribution < 1.29 is 4.79 Å². The zero-order chi connectivity index (χ0) is 7.68. The third kappa shape index (κ3) is 1.12. The van der Waals surface area contributed by atoms with Gasteiger partial charge in [-0.2, -0.15) is 0 Å². The summed E-state index contributed by atoms with van der Waals surface area (Å²) in [7, 11) is 0. The predicted octanol–water partition coefficient (Wildman–Crippen LogP) is 1.54. The number of hydrogen-bond acceptors (Lipinski definition) is 3. The summed E-state index contributed by atoms with van der Waals surface area (Å²) in [5.74, 6) is 0. The normalized spacial score (nSPS) is 14.5. The smallest absolute Gasteiger partial charge is 0.160 e. The Labute approximate surface area is 68.6 Å². The molecule has 0 unspecified atom stereocenters. The average molecular weight is 165 g/mol. The van der Waals surface area contributed by atoms with Crippen LogP contribution in [-0.2, 0) is 6.42 Å². The molecule has 0 bridgehead atoms. The first kappa shape index (κ1) is 6.73. The van der Waals surface area contributed by atoms with Crippen LogP contribution in [0.5, 0.6) is 0 Å². The van der Waals surface area contributed by atoms with Gasteiger partial charge in [0.15, 0.2) is 6.29 Å². The van der Waals surface area contributed by atoms with E-state index in [1.165, 1.54) is 4.88 Å². The van der Waals surface area contributed by atoms with E-state index in [0.717, 1.165) is 29.7 Å². The van der Waals surface area contributed by atoms with E-state index in [-0.39, 0.29) is 0 Å². The van der Waals surface area contributed by atoms with Gasteiger partial charge >= 0.3 is 0 Å². The Kier molecular flexibility index (Phi) is 1.58. The molecule has 3 heteroatoms. The molecule has 1 aliphatic rings. The number of aliphatic imine (C=N–C) groups is 1. The molecule has 1 aromatic rings. The maximum Gasteiger partial charge on any atom is 0.160 e. The Hall–Kier alpha value is -0.960. The quantitative estimate of drug-likeness (QED) is 0.580. The second-order valence-electron chi connectivity index (χ2n) is 2.43. The molecule has 0 atom stereocenters. The monoisotopic (exact) mass is 165 g/mol. The van der Waals surface area contributed by atoms with Crippen molar-refractivity contribution in [1.82, 2.24) is 0 Å². The summed E-state index contributed by atoms with van der Waals surface area (Å²) < 4.78 is 0. The largest absolute Gasteiger partial charge is 0.297 e. The van der Waals surface area contributed by atoms with Gasteiger partial charge in [0, 0.05) is 29.6 Å². The van der Waals surface area contributed by atoms with Gasteiger partial charge in [-0.25, -0.2) is 0 Å². The second kappa shape index (κ2) is 2.58. The van der Waals surface area contributed by atoms with Gasteiger partial charge in [-0.1, -0.05) is 0 Å². The van der Waals surface area contributed by atoms with Crippen molar-refractivity contribution in [2.24, 2.45) is 4.99 Å². The molecule has 0 saturated carbocycles. The van der Waals surface area contributed by atoms with Gasteiger partial charge < -0.3 is 0 Å².